The van der Waals surface area contributed by atoms with Crippen molar-refractivity contribution in [2.75, 3.05) is 39.9 Å². The molecule has 1 saturated heterocycles. The molecule has 0 spiro atoms. The molecule has 3 heteroatoms. The molecule has 1 N–H and O–H groups in total. The maximum atomic E-state index is 11.8. The second kappa shape index (κ2) is 3.88. The summed E-state index contributed by atoms with van der Waals surface area (Å²) < 4.78 is 11.8. The summed E-state index contributed by atoms with van der Waals surface area (Å²) in [5.74, 6) is 0.761. The second-order valence-corrected chi connectivity index (χ2v) is 2.98. The summed E-state index contributed by atoms with van der Waals surface area (Å²) in [7, 11) is 1.97. The van der Waals surface area contributed by atoms with Crippen molar-refractivity contribution >= 4 is 0 Å². The van der Waals surface area contributed by atoms with Crippen molar-refractivity contribution in [3.05, 3.63) is 0 Å². The van der Waals surface area contributed by atoms with Crippen molar-refractivity contribution in [1.82, 2.24) is 10.2 Å². The largest absolute Gasteiger partial charge is 0.316 e. The van der Waals surface area contributed by atoms with E-state index in [1.54, 1.807) is 0 Å². The van der Waals surface area contributed by atoms with Crippen LogP contribution in [-0.4, -0.2) is 44.8 Å². The van der Waals surface area contributed by atoms with Gasteiger partial charge in [0.15, 0.2) is 0 Å². The van der Waals surface area contributed by atoms with Crippen LogP contribution in [-0.2, 0) is 0 Å². The van der Waals surface area contributed by atoms with E-state index in [0.29, 0.717) is 6.54 Å². The molecule has 60 valence electrons. The molecule has 0 bridgehead atoms. The molecule has 1 heterocycles. The molecule has 0 aromatic heterocycles. The third-order valence-electron chi connectivity index (χ3n) is 1.90. The normalized spacial score (nSPS) is 19.5. The lowest BCUT2D eigenvalue weighted by Crippen LogP contribution is -2.47. The van der Waals surface area contributed by atoms with Crippen molar-refractivity contribution in [3.63, 3.8) is 0 Å². The summed E-state index contributed by atoms with van der Waals surface area (Å²) in [5, 5.41) is 3.19. The van der Waals surface area contributed by atoms with Crippen molar-refractivity contribution < 1.29 is 4.39 Å². The maximum Gasteiger partial charge on any atom is 0.102 e. The molecular formula is C7H15FN2. The first-order valence-electron chi connectivity index (χ1n) is 3.78. The predicted octanol–water partition coefficient (Wildman–Crippen LogP) is 0.107. The van der Waals surface area contributed by atoms with Crippen molar-refractivity contribution in [3.8, 4) is 0 Å². The fourth-order valence-electron chi connectivity index (χ4n) is 1.15. The van der Waals surface area contributed by atoms with Crippen LogP contribution >= 0.6 is 0 Å². The van der Waals surface area contributed by atoms with Gasteiger partial charge in [0, 0.05) is 26.2 Å². The van der Waals surface area contributed by atoms with E-state index in [0.717, 1.165) is 25.6 Å². The number of nitrogens with one attached hydrogen (secondary N) is 1. The fraction of sp³-hybridized carbons (Fsp3) is 1.00. The van der Waals surface area contributed by atoms with E-state index in [4.69, 9.17) is 0 Å². The van der Waals surface area contributed by atoms with Gasteiger partial charge < -0.3 is 10.2 Å². The van der Waals surface area contributed by atoms with Gasteiger partial charge in [-0.1, -0.05) is 0 Å². The molecule has 2 nitrogen and oxygen atoms in total. The number of nitrogens with zero attached hydrogens (tertiary/aromatic N) is 1. The lowest BCUT2D eigenvalue weighted by atomic mass is 10.0. The summed E-state index contributed by atoms with van der Waals surface area (Å²) >= 11 is 0. The molecule has 1 aliphatic rings. The molecule has 0 aliphatic carbocycles. The van der Waals surface area contributed by atoms with E-state index in [2.05, 4.69) is 5.32 Å². The molecule has 0 aromatic carbocycles. The van der Waals surface area contributed by atoms with Crippen LogP contribution in [0.1, 0.15) is 0 Å². The number of alkyl halides is 1. The number of hydrogen-bond acceptors (Lipinski definition) is 2. The van der Waals surface area contributed by atoms with Gasteiger partial charge in [-0.2, -0.15) is 0 Å². The van der Waals surface area contributed by atoms with Gasteiger partial charge in [-0.15, -0.1) is 0 Å². The predicted molar refractivity (Wildman–Crippen MR) is 39.8 cm³/mol. The third-order valence-corrected chi connectivity index (χ3v) is 1.90. The first-order valence-corrected chi connectivity index (χ1v) is 3.78. The van der Waals surface area contributed by atoms with Gasteiger partial charge in [0.05, 0.1) is 0 Å². The third kappa shape index (κ3) is 2.23. The molecule has 10 heavy (non-hydrogen) atoms. The molecule has 0 aromatic rings. The van der Waals surface area contributed by atoms with Crippen LogP contribution in [0.15, 0.2) is 0 Å². The fourth-order valence-corrected chi connectivity index (χ4v) is 1.15. The van der Waals surface area contributed by atoms with Gasteiger partial charge in [-0.05, 0) is 13.0 Å². The Bertz CT molecular complexity index is 93.6. The molecule has 0 saturated carbocycles. The number of hydrogen-bond donors (Lipinski definition) is 1. The maximum absolute atomic E-state index is 11.8. The molecule has 1 rings (SSSR count). The zero-order valence-corrected chi connectivity index (χ0v) is 6.44. The number of halogens is 1. The monoisotopic (exact) mass is 146 g/mol. The summed E-state index contributed by atoms with van der Waals surface area (Å²) in [4.78, 5) is 2.05. The Hall–Kier alpha value is -0.150. The van der Waals surface area contributed by atoms with Crippen LogP contribution in [0.25, 0.3) is 0 Å². The van der Waals surface area contributed by atoms with E-state index in [1.807, 2.05) is 11.9 Å². The molecule has 0 amide bonds. The highest BCUT2D eigenvalue weighted by Crippen LogP contribution is 2.03. The summed E-state index contributed by atoms with van der Waals surface area (Å²) in [6, 6.07) is 0. The van der Waals surface area contributed by atoms with E-state index < -0.39 is 0 Å². The molecule has 0 radical (unpaired) electrons. The summed E-state index contributed by atoms with van der Waals surface area (Å²) in [5.41, 5.74) is 0. The topological polar surface area (TPSA) is 15.3 Å². The zero-order valence-electron chi connectivity index (χ0n) is 6.44. The van der Waals surface area contributed by atoms with E-state index in [9.17, 15) is 4.39 Å². The van der Waals surface area contributed by atoms with Gasteiger partial charge in [-0.3, -0.25) is 0 Å². The minimum absolute atomic E-state index is 0.226. The van der Waals surface area contributed by atoms with Gasteiger partial charge in [0.2, 0.25) is 0 Å². The Morgan fingerprint density at radius 2 is 2.30 bits per heavy atom. The highest BCUT2D eigenvalue weighted by atomic mass is 19.1. The average Bonchev–Trinajstić information content (AvgIpc) is 1.80. The van der Waals surface area contributed by atoms with Crippen molar-refractivity contribution in [1.29, 1.82) is 0 Å². The van der Waals surface area contributed by atoms with Crippen molar-refractivity contribution in [2.45, 2.75) is 0 Å². The van der Waals surface area contributed by atoms with Crippen LogP contribution in [0, 0.1) is 5.92 Å². The van der Waals surface area contributed by atoms with Gasteiger partial charge in [-0.25, -0.2) is 4.39 Å². The second-order valence-electron chi connectivity index (χ2n) is 2.98. The van der Waals surface area contributed by atoms with E-state index >= 15 is 0 Å². The molecule has 0 atom stereocenters. The Morgan fingerprint density at radius 3 is 2.70 bits per heavy atom. The Balaban J connectivity index is 1.99. The van der Waals surface area contributed by atoms with Crippen LogP contribution in [0.5, 0.6) is 0 Å². The number of rotatable bonds is 4. The Kier molecular flexibility index (Phi) is 3.09. The molecule has 0 unspecified atom stereocenters. The summed E-state index contributed by atoms with van der Waals surface area (Å²) in [6.07, 6.45) is 0. The lowest BCUT2D eigenvalue weighted by Gasteiger charge is -2.30. The highest BCUT2D eigenvalue weighted by Gasteiger charge is 2.17. The Morgan fingerprint density at radius 1 is 1.60 bits per heavy atom. The van der Waals surface area contributed by atoms with Crippen LogP contribution in [0.2, 0.25) is 0 Å². The highest BCUT2D eigenvalue weighted by molar-refractivity contribution is 4.76. The van der Waals surface area contributed by atoms with Gasteiger partial charge in [0.25, 0.3) is 0 Å². The molecule has 1 aliphatic heterocycles. The molecule has 1 fully saturated rings. The average molecular weight is 146 g/mol. The smallest absolute Gasteiger partial charge is 0.102 e. The van der Waals surface area contributed by atoms with Crippen LogP contribution < -0.4 is 5.32 Å². The van der Waals surface area contributed by atoms with E-state index in [1.165, 1.54) is 0 Å². The minimum Gasteiger partial charge on any atom is -0.316 e. The minimum atomic E-state index is -0.226. The quantitative estimate of drug-likeness (QED) is 0.605. The van der Waals surface area contributed by atoms with Crippen LogP contribution in [0.4, 0.5) is 4.39 Å². The van der Waals surface area contributed by atoms with Crippen LogP contribution in [0.3, 0.4) is 0 Å². The SMILES string of the molecule is CN(CCF)CC1CNC1. The summed E-state index contributed by atoms with van der Waals surface area (Å²) in [6.45, 7) is 3.61. The molecular weight excluding hydrogens is 131 g/mol. The van der Waals surface area contributed by atoms with Gasteiger partial charge in [0.1, 0.15) is 6.67 Å². The zero-order chi connectivity index (χ0) is 7.40. The van der Waals surface area contributed by atoms with Crippen molar-refractivity contribution in [2.24, 2.45) is 5.92 Å². The first kappa shape index (κ1) is 7.95. The standard InChI is InChI=1S/C7H15FN2/c1-10(3-2-8)6-7-4-9-5-7/h7,9H,2-6H2,1H3. The Labute approximate surface area is 61.4 Å². The van der Waals surface area contributed by atoms with E-state index in [-0.39, 0.29) is 6.67 Å². The lowest BCUT2D eigenvalue weighted by molar-refractivity contribution is 0.212. The van der Waals surface area contributed by atoms with Gasteiger partial charge >= 0.3 is 0 Å². The first-order chi connectivity index (χ1) is 4.83.